The van der Waals surface area contributed by atoms with Crippen LogP contribution < -0.4 is 5.69 Å². The first-order valence-corrected chi connectivity index (χ1v) is 14.1. The maximum Gasteiger partial charge on any atom is 0.328 e. The predicted octanol–water partition coefficient (Wildman–Crippen LogP) is 5.24. The minimum absolute atomic E-state index is 0.0476. The van der Waals surface area contributed by atoms with E-state index in [2.05, 4.69) is 39.5 Å². The van der Waals surface area contributed by atoms with E-state index in [0.29, 0.717) is 12.4 Å². The Morgan fingerprint density at radius 1 is 1.10 bits per heavy atom. The van der Waals surface area contributed by atoms with Crippen molar-refractivity contribution in [3.63, 3.8) is 0 Å². The van der Waals surface area contributed by atoms with Crippen molar-refractivity contribution in [1.82, 2.24) is 34.7 Å². The van der Waals surface area contributed by atoms with Crippen LogP contribution in [0.3, 0.4) is 0 Å². The second-order valence-electron chi connectivity index (χ2n) is 10.8. The summed E-state index contributed by atoms with van der Waals surface area (Å²) in [5.74, 6) is 0.881. The summed E-state index contributed by atoms with van der Waals surface area (Å²) in [5, 5.41) is 14.5. The molecule has 1 saturated carbocycles. The lowest BCUT2D eigenvalue weighted by atomic mass is 9.85. The Balaban J connectivity index is 1.60. The fourth-order valence-corrected chi connectivity index (χ4v) is 6.15. The molecule has 3 aromatic heterocycles. The number of rotatable bonds is 9. The maximum absolute atomic E-state index is 14.1. The first-order chi connectivity index (χ1) is 19.0. The lowest BCUT2D eigenvalue weighted by molar-refractivity contribution is -0.122. The molecule has 0 radical (unpaired) electrons. The van der Waals surface area contributed by atoms with Crippen molar-refractivity contribution in [3.05, 3.63) is 70.7 Å². The van der Waals surface area contributed by atoms with Gasteiger partial charge in [0, 0.05) is 35.8 Å². The van der Waals surface area contributed by atoms with Crippen LogP contribution in [-0.2, 0) is 17.8 Å². The molecule has 1 aromatic carbocycles. The van der Waals surface area contributed by atoms with E-state index in [9.17, 15) is 9.59 Å². The van der Waals surface area contributed by atoms with Gasteiger partial charge < -0.3 is 0 Å². The van der Waals surface area contributed by atoms with Gasteiger partial charge in [0.2, 0.25) is 0 Å². The topological polar surface area (TPSA) is 111 Å². The van der Waals surface area contributed by atoms with E-state index in [0.717, 1.165) is 72.9 Å². The molecule has 9 nitrogen and oxygen atoms in total. The fourth-order valence-electron chi connectivity index (χ4n) is 6.15. The summed E-state index contributed by atoms with van der Waals surface area (Å²) in [5.41, 5.74) is 4.71. The number of Topliss-reactive ketones (excluding diaryl/α,β-unsaturated/α-hetero) is 1. The van der Waals surface area contributed by atoms with Gasteiger partial charge in [-0.05, 0) is 71.7 Å². The zero-order valence-corrected chi connectivity index (χ0v) is 23.0. The number of carbonyl (C=O) groups excluding carboxylic acids is 1. The number of aromatic nitrogens is 7. The van der Waals surface area contributed by atoms with E-state index >= 15 is 0 Å². The number of hydrogen-bond donors (Lipinski definition) is 1. The van der Waals surface area contributed by atoms with Crippen molar-refractivity contribution in [1.29, 1.82) is 0 Å². The second kappa shape index (κ2) is 11.9. The van der Waals surface area contributed by atoms with Crippen molar-refractivity contribution in [2.24, 2.45) is 11.8 Å². The number of imidazole rings is 1. The quantitative estimate of drug-likeness (QED) is 0.298. The summed E-state index contributed by atoms with van der Waals surface area (Å²) < 4.78 is 3.78. The highest BCUT2D eigenvalue weighted by Crippen LogP contribution is 2.37. The summed E-state index contributed by atoms with van der Waals surface area (Å²) in [7, 11) is 0. The number of nitrogens with zero attached hydrogens (tertiary/aromatic N) is 6. The summed E-state index contributed by atoms with van der Waals surface area (Å²) in [6.45, 7) is 6.42. The van der Waals surface area contributed by atoms with E-state index in [1.54, 1.807) is 13.1 Å². The van der Waals surface area contributed by atoms with Crippen LogP contribution in [0.15, 0.2) is 53.7 Å². The molecule has 0 spiro atoms. The van der Waals surface area contributed by atoms with Crippen LogP contribution >= 0.6 is 0 Å². The van der Waals surface area contributed by atoms with Crippen LogP contribution in [0.5, 0.6) is 0 Å². The number of aryl methyl sites for hydroxylation is 1. The van der Waals surface area contributed by atoms with Crippen LogP contribution in [0.4, 0.5) is 0 Å². The summed E-state index contributed by atoms with van der Waals surface area (Å²) in [6, 6.07) is 9.81. The molecule has 5 rings (SSSR count). The molecule has 0 amide bonds. The number of hydrogen-bond acceptors (Lipinski definition) is 6. The Labute approximate surface area is 228 Å². The van der Waals surface area contributed by atoms with Crippen molar-refractivity contribution in [2.75, 3.05) is 0 Å². The number of ketones is 1. The number of carbonyl (C=O) groups is 1. The zero-order chi connectivity index (χ0) is 27.4. The number of H-pyrrole nitrogens is 1. The van der Waals surface area contributed by atoms with Crippen molar-refractivity contribution < 1.29 is 4.79 Å². The molecule has 1 aliphatic carbocycles. The van der Waals surface area contributed by atoms with Crippen LogP contribution in [-0.4, -0.2) is 40.5 Å². The Kier molecular flexibility index (Phi) is 8.14. The highest BCUT2D eigenvalue weighted by Gasteiger charge is 2.35. The monoisotopic (exact) mass is 527 g/mol. The van der Waals surface area contributed by atoms with Crippen LogP contribution in [0.2, 0.25) is 0 Å². The molecule has 9 heteroatoms. The molecule has 0 aliphatic heterocycles. The second-order valence-corrected chi connectivity index (χ2v) is 10.8. The maximum atomic E-state index is 14.1. The third-order valence-corrected chi connectivity index (χ3v) is 8.19. The number of pyridine rings is 1. The fraction of sp³-hybridized carbons (Fsp3) is 0.467. The standard InChI is InChI=1S/C30H37N7O2/c1-4-5-11-23-19-37(28-20(2)10-6-7-12-24(28)21(3)38)30(39)36(23)18-22-17-31-16-15-25(22)26-13-8-9-14-27(26)29-32-34-35-33-29/h8-9,13-17,19-20,24,28H,4-7,10-12,18H2,1-3H3,(H,32,33,34,35). The molecule has 39 heavy (non-hydrogen) atoms. The SMILES string of the molecule is CCCCc1cn(C2C(C)CCCCC2C(C)=O)c(=O)n1Cc1cnccc1-c1ccccc1-c1nnn[nH]1. The van der Waals surface area contributed by atoms with Gasteiger partial charge in [-0.15, -0.1) is 5.10 Å². The lowest BCUT2D eigenvalue weighted by Crippen LogP contribution is -2.36. The average molecular weight is 528 g/mol. The third-order valence-electron chi connectivity index (χ3n) is 8.19. The molecule has 0 saturated heterocycles. The molecule has 1 aliphatic rings. The average Bonchev–Trinajstić information content (AvgIpc) is 3.53. The summed E-state index contributed by atoms with van der Waals surface area (Å²) in [6.07, 6.45) is 12.5. The van der Waals surface area contributed by atoms with Gasteiger partial charge in [0.15, 0.2) is 5.82 Å². The van der Waals surface area contributed by atoms with E-state index < -0.39 is 0 Å². The largest absolute Gasteiger partial charge is 0.328 e. The van der Waals surface area contributed by atoms with Gasteiger partial charge in [0.1, 0.15) is 5.78 Å². The van der Waals surface area contributed by atoms with Crippen molar-refractivity contribution in [2.45, 2.75) is 78.3 Å². The summed E-state index contributed by atoms with van der Waals surface area (Å²) in [4.78, 5) is 31.3. The summed E-state index contributed by atoms with van der Waals surface area (Å²) >= 11 is 0. The van der Waals surface area contributed by atoms with E-state index in [-0.39, 0.29) is 29.4 Å². The van der Waals surface area contributed by atoms with Gasteiger partial charge in [-0.1, -0.05) is 57.4 Å². The molecule has 0 bridgehead atoms. The smallest absolute Gasteiger partial charge is 0.300 e. The highest BCUT2D eigenvalue weighted by molar-refractivity contribution is 5.81. The first-order valence-electron chi connectivity index (χ1n) is 14.1. The lowest BCUT2D eigenvalue weighted by Gasteiger charge is -2.28. The highest BCUT2D eigenvalue weighted by atomic mass is 16.2. The van der Waals surface area contributed by atoms with Gasteiger partial charge >= 0.3 is 5.69 Å². The number of unbranched alkanes of at least 4 members (excludes halogenated alkanes) is 1. The third kappa shape index (κ3) is 5.48. The van der Waals surface area contributed by atoms with E-state index in [4.69, 9.17) is 0 Å². The van der Waals surface area contributed by atoms with E-state index in [1.807, 2.05) is 51.9 Å². The van der Waals surface area contributed by atoms with Gasteiger partial charge in [-0.25, -0.2) is 9.89 Å². The Morgan fingerprint density at radius 3 is 2.64 bits per heavy atom. The molecule has 4 aromatic rings. The number of nitrogens with one attached hydrogen (secondary N) is 1. The van der Waals surface area contributed by atoms with Crippen molar-refractivity contribution >= 4 is 5.78 Å². The van der Waals surface area contributed by atoms with Crippen LogP contribution in [0.1, 0.15) is 76.6 Å². The Morgan fingerprint density at radius 2 is 1.90 bits per heavy atom. The first kappa shape index (κ1) is 26.7. The zero-order valence-electron chi connectivity index (χ0n) is 23.0. The van der Waals surface area contributed by atoms with Gasteiger partial charge in [-0.3, -0.25) is 18.9 Å². The normalized spacial score (nSPS) is 19.6. The molecule has 3 heterocycles. The van der Waals surface area contributed by atoms with Gasteiger partial charge in [0.05, 0.1) is 12.6 Å². The van der Waals surface area contributed by atoms with Gasteiger partial charge in [-0.2, -0.15) is 0 Å². The number of aromatic amines is 1. The number of tetrazole rings is 1. The van der Waals surface area contributed by atoms with Crippen molar-refractivity contribution in [3.8, 4) is 22.5 Å². The van der Waals surface area contributed by atoms with Crippen LogP contribution in [0.25, 0.3) is 22.5 Å². The molecular formula is C30H37N7O2. The minimum Gasteiger partial charge on any atom is -0.300 e. The molecular weight excluding hydrogens is 490 g/mol. The Bertz CT molecular complexity index is 1470. The predicted molar refractivity (Wildman–Crippen MR) is 150 cm³/mol. The van der Waals surface area contributed by atoms with Gasteiger partial charge in [0.25, 0.3) is 0 Å². The van der Waals surface area contributed by atoms with E-state index in [1.165, 1.54) is 0 Å². The Hall–Kier alpha value is -3.88. The molecule has 204 valence electrons. The molecule has 1 N–H and O–H groups in total. The molecule has 3 atom stereocenters. The molecule has 1 fully saturated rings. The minimum atomic E-state index is -0.133. The van der Waals surface area contributed by atoms with Crippen LogP contribution in [0, 0.1) is 11.8 Å². The number of benzene rings is 1. The molecule has 3 unspecified atom stereocenters.